The van der Waals surface area contributed by atoms with Gasteiger partial charge in [-0.3, -0.25) is 14.6 Å². The second kappa shape index (κ2) is 5.79. The molecular formula is C17H25N5O3. The molecular weight excluding hydrogens is 322 g/mol. The standard InChI is InChI=1S/C17H25N5O3/c1-10(14-18-13(20-25-14)11-6-7-11)22-8-4-5-12(9-22)17(2)15(23)21(3)16(24)19-17/h10-12H,4-9H2,1-3H3,(H,19,24)/t10-,12-,17-/m1/s1. The van der Waals surface area contributed by atoms with Crippen molar-refractivity contribution in [2.24, 2.45) is 5.92 Å². The molecule has 1 saturated carbocycles. The van der Waals surface area contributed by atoms with Crippen molar-refractivity contribution in [1.82, 2.24) is 25.3 Å². The molecule has 3 atom stereocenters. The Bertz CT molecular complexity index is 700. The summed E-state index contributed by atoms with van der Waals surface area (Å²) in [5, 5.41) is 6.99. The third-order valence-corrected chi connectivity index (χ3v) is 5.99. The minimum absolute atomic E-state index is 0.0105. The molecule has 3 heterocycles. The van der Waals surface area contributed by atoms with Crippen LogP contribution in [0.4, 0.5) is 4.79 Å². The molecule has 2 aliphatic heterocycles. The third-order valence-electron chi connectivity index (χ3n) is 5.99. The van der Waals surface area contributed by atoms with E-state index in [1.165, 1.54) is 11.9 Å². The molecule has 25 heavy (non-hydrogen) atoms. The smallest absolute Gasteiger partial charge is 0.324 e. The lowest BCUT2D eigenvalue weighted by atomic mass is 9.79. The first-order valence-electron chi connectivity index (χ1n) is 9.08. The first-order chi connectivity index (χ1) is 11.9. The van der Waals surface area contributed by atoms with E-state index in [9.17, 15) is 9.59 Å². The van der Waals surface area contributed by atoms with Crippen LogP contribution in [0.15, 0.2) is 4.52 Å². The normalized spacial score (nSPS) is 32.1. The zero-order chi connectivity index (χ0) is 17.8. The summed E-state index contributed by atoms with van der Waals surface area (Å²) >= 11 is 0. The number of hydrogen-bond donors (Lipinski definition) is 1. The summed E-state index contributed by atoms with van der Waals surface area (Å²) in [7, 11) is 1.53. The molecule has 1 aromatic heterocycles. The van der Waals surface area contributed by atoms with Gasteiger partial charge in [-0.2, -0.15) is 4.98 Å². The fraction of sp³-hybridized carbons (Fsp3) is 0.765. The summed E-state index contributed by atoms with van der Waals surface area (Å²) in [6, 6.07) is -0.306. The molecule has 8 heteroatoms. The van der Waals surface area contributed by atoms with Gasteiger partial charge >= 0.3 is 6.03 Å². The Morgan fingerprint density at radius 1 is 1.32 bits per heavy atom. The van der Waals surface area contributed by atoms with Gasteiger partial charge in [0.1, 0.15) is 5.54 Å². The van der Waals surface area contributed by atoms with Gasteiger partial charge in [-0.25, -0.2) is 4.79 Å². The molecule has 0 aromatic carbocycles. The van der Waals surface area contributed by atoms with Gasteiger partial charge in [0, 0.05) is 25.4 Å². The topological polar surface area (TPSA) is 91.6 Å². The molecule has 1 aromatic rings. The van der Waals surface area contributed by atoms with E-state index < -0.39 is 5.54 Å². The van der Waals surface area contributed by atoms with Crippen LogP contribution in [0, 0.1) is 5.92 Å². The maximum absolute atomic E-state index is 12.6. The Kier molecular flexibility index (Phi) is 3.82. The number of aromatic nitrogens is 2. The highest BCUT2D eigenvalue weighted by atomic mass is 16.5. The van der Waals surface area contributed by atoms with Gasteiger partial charge in [0.2, 0.25) is 5.89 Å². The number of likely N-dealkylation sites (N-methyl/N-ethyl adjacent to an activating group) is 1. The van der Waals surface area contributed by atoms with Crippen molar-refractivity contribution in [1.29, 1.82) is 0 Å². The Morgan fingerprint density at radius 2 is 2.08 bits per heavy atom. The maximum Gasteiger partial charge on any atom is 0.324 e. The van der Waals surface area contributed by atoms with Gasteiger partial charge in [0.05, 0.1) is 6.04 Å². The number of carbonyl (C=O) groups excluding carboxylic acids is 2. The molecule has 0 unspecified atom stereocenters. The fourth-order valence-corrected chi connectivity index (χ4v) is 3.99. The number of urea groups is 1. The molecule has 4 rings (SSSR count). The van der Waals surface area contributed by atoms with Gasteiger partial charge in [-0.05, 0) is 46.1 Å². The highest BCUT2D eigenvalue weighted by Gasteiger charge is 2.52. The van der Waals surface area contributed by atoms with Crippen LogP contribution in [0.3, 0.4) is 0 Å². The quantitative estimate of drug-likeness (QED) is 0.833. The molecule has 1 aliphatic carbocycles. The highest BCUT2D eigenvalue weighted by molar-refractivity contribution is 6.06. The summed E-state index contributed by atoms with van der Waals surface area (Å²) in [6.07, 6.45) is 4.18. The van der Waals surface area contributed by atoms with Crippen LogP contribution in [-0.2, 0) is 4.79 Å². The molecule has 136 valence electrons. The third kappa shape index (κ3) is 2.72. The molecule has 0 bridgehead atoms. The predicted octanol–water partition coefficient (Wildman–Crippen LogP) is 1.66. The molecule has 8 nitrogen and oxygen atoms in total. The van der Waals surface area contributed by atoms with E-state index in [1.54, 1.807) is 0 Å². The molecule has 3 amide bonds. The number of nitrogens with one attached hydrogen (secondary N) is 1. The zero-order valence-electron chi connectivity index (χ0n) is 15.0. The van der Waals surface area contributed by atoms with Crippen LogP contribution in [0.2, 0.25) is 0 Å². The minimum Gasteiger partial charge on any atom is -0.338 e. The predicted molar refractivity (Wildman–Crippen MR) is 88.7 cm³/mol. The van der Waals surface area contributed by atoms with Crippen LogP contribution in [0.1, 0.15) is 63.2 Å². The summed E-state index contributed by atoms with van der Waals surface area (Å²) in [5.74, 6) is 1.86. The lowest BCUT2D eigenvalue weighted by Crippen LogP contribution is -2.56. The minimum atomic E-state index is -0.835. The van der Waals surface area contributed by atoms with Crippen molar-refractivity contribution in [3.05, 3.63) is 11.7 Å². The van der Waals surface area contributed by atoms with Gasteiger partial charge < -0.3 is 9.84 Å². The Balaban J connectivity index is 1.48. The number of amides is 3. The first-order valence-corrected chi connectivity index (χ1v) is 9.08. The average Bonchev–Trinajstić information content (AvgIpc) is 3.32. The molecule has 3 aliphatic rings. The Morgan fingerprint density at radius 3 is 2.72 bits per heavy atom. The summed E-state index contributed by atoms with van der Waals surface area (Å²) in [4.78, 5) is 32.5. The van der Waals surface area contributed by atoms with Crippen molar-refractivity contribution in [3.8, 4) is 0 Å². The van der Waals surface area contributed by atoms with Crippen LogP contribution in [0.5, 0.6) is 0 Å². The number of carbonyl (C=O) groups is 2. The molecule has 0 radical (unpaired) electrons. The number of hydrogen-bond acceptors (Lipinski definition) is 6. The average molecular weight is 347 g/mol. The van der Waals surface area contributed by atoms with Gasteiger partial charge in [0.25, 0.3) is 5.91 Å². The van der Waals surface area contributed by atoms with Crippen molar-refractivity contribution in [2.45, 2.75) is 57.0 Å². The molecule has 3 fully saturated rings. The van der Waals surface area contributed by atoms with Crippen molar-refractivity contribution in [3.63, 3.8) is 0 Å². The van der Waals surface area contributed by atoms with Crippen LogP contribution < -0.4 is 5.32 Å². The van der Waals surface area contributed by atoms with Gasteiger partial charge in [-0.15, -0.1) is 0 Å². The molecule has 2 saturated heterocycles. The van der Waals surface area contributed by atoms with E-state index in [2.05, 4.69) is 27.3 Å². The zero-order valence-corrected chi connectivity index (χ0v) is 15.0. The first kappa shape index (κ1) is 16.5. The number of rotatable bonds is 4. The lowest BCUT2D eigenvalue weighted by molar-refractivity contribution is -0.132. The second-order valence-electron chi connectivity index (χ2n) is 7.77. The van der Waals surface area contributed by atoms with Crippen LogP contribution in [-0.4, -0.2) is 57.6 Å². The number of piperidine rings is 1. The van der Waals surface area contributed by atoms with E-state index in [4.69, 9.17) is 4.52 Å². The lowest BCUT2D eigenvalue weighted by Gasteiger charge is -2.41. The largest absolute Gasteiger partial charge is 0.338 e. The maximum atomic E-state index is 12.6. The summed E-state index contributed by atoms with van der Waals surface area (Å²) < 4.78 is 5.47. The van der Waals surface area contributed by atoms with E-state index in [1.807, 2.05) is 6.92 Å². The fourth-order valence-electron chi connectivity index (χ4n) is 3.99. The number of likely N-dealkylation sites (tertiary alicyclic amines) is 1. The summed E-state index contributed by atoms with van der Waals surface area (Å²) in [5.41, 5.74) is -0.835. The van der Waals surface area contributed by atoms with Gasteiger partial charge in [-0.1, -0.05) is 5.16 Å². The SMILES string of the molecule is C[C@H](c1nc(C2CC2)no1)N1CCC[C@@H]([C@@]2(C)NC(=O)N(C)C2=O)C1. The van der Waals surface area contributed by atoms with Crippen LogP contribution in [0.25, 0.3) is 0 Å². The monoisotopic (exact) mass is 347 g/mol. The summed E-state index contributed by atoms with van der Waals surface area (Å²) in [6.45, 7) is 5.55. The van der Waals surface area contributed by atoms with Crippen molar-refractivity contribution < 1.29 is 14.1 Å². The van der Waals surface area contributed by atoms with Crippen LogP contribution >= 0.6 is 0 Å². The van der Waals surface area contributed by atoms with E-state index in [0.717, 1.165) is 44.6 Å². The number of imide groups is 1. The highest BCUT2D eigenvalue weighted by Crippen LogP contribution is 2.39. The van der Waals surface area contributed by atoms with E-state index in [0.29, 0.717) is 11.8 Å². The number of nitrogens with zero attached hydrogens (tertiary/aromatic N) is 4. The Labute approximate surface area is 146 Å². The van der Waals surface area contributed by atoms with Crippen molar-refractivity contribution in [2.75, 3.05) is 20.1 Å². The van der Waals surface area contributed by atoms with Gasteiger partial charge in [0.15, 0.2) is 5.82 Å². The molecule has 0 spiro atoms. The second-order valence-corrected chi connectivity index (χ2v) is 7.77. The van der Waals surface area contributed by atoms with Crippen molar-refractivity contribution >= 4 is 11.9 Å². The van der Waals surface area contributed by atoms with E-state index in [-0.39, 0.29) is 23.9 Å². The Hall–Kier alpha value is -1.96. The van der Waals surface area contributed by atoms with E-state index >= 15 is 0 Å². The molecule has 1 N–H and O–H groups in total.